The molecule has 0 unspecified atom stereocenters. The first-order chi connectivity index (χ1) is 13.3. The maximum atomic E-state index is 13.1. The number of ether oxygens (including phenoxy) is 1. The second-order valence-electron chi connectivity index (χ2n) is 7.45. The largest absolute Gasteiger partial charge is 0.465 e. The summed E-state index contributed by atoms with van der Waals surface area (Å²) in [5.74, 6) is -0.259. The maximum absolute atomic E-state index is 13.1. The number of nitrogens with zero attached hydrogens (tertiary/aromatic N) is 2. The van der Waals surface area contributed by atoms with Crippen LogP contribution in [0.25, 0.3) is 0 Å². The SMILES string of the molecule is CCOC(=O)Cn1c(C)cc(CC2=CCCC=C2S(=O)(=O)N2CCCC2)c1C. The second-order valence-corrected chi connectivity index (χ2v) is 9.36. The van der Waals surface area contributed by atoms with E-state index in [4.69, 9.17) is 4.74 Å². The lowest BCUT2D eigenvalue weighted by Crippen LogP contribution is -2.30. The molecule has 0 amide bonds. The van der Waals surface area contributed by atoms with Crippen LogP contribution in [-0.2, 0) is 32.5 Å². The van der Waals surface area contributed by atoms with Crippen molar-refractivity contribution in [3.05, 3.63) is 45.6 Å². The molecular weight excluding hydrogens is 376 g/mol. The molecule has 0 bridgehead atoms. The first kappa shape index (κ1) is 20.9. The summed E-state index contributed by atoms with van der Waals surface area (Å²) in [5.41, 5.74) is 3.88. The predicted octanol–water partition coefficient (Wildman–Crippen LogP) is 3.24. The molecule has 1 aliphatic heterocycles. The topological polar surface area (TPSA) is 68.6 Å². The molecule has 154 valence electrons. The number of sulfonamides is 1. The van der Waals surface area contributed by atoms with Crippen molar-refractivity contribution in [1.82, 2.24) is 8.87 Å². The summed E-state index contributed by atoms with van der Waals surface area (Å²) in [6.45, 7) is 7.50. The van der Waals surface area contributed by atoms with Crippen LogP contribution in [0.4, 0.5) is 0 Å². The van der Waals surface area contributed by atoms with Gasteiger partial charge in [0.2, 0.25) is 10.0 Å². The highest BCUT2D eigenvalue weighted by atomic mass is 32.2. The fourth-order valence-corrected chi connectivity index (χ4v) is 5.87. The Labute approximate surface area is 167 Å². The van der Waals surface area contributed by atoms with Crippen LogP contribution in [0.3, 0.4) is 0 Å². The van der Waals surface area contributed by atoms with E-state index in [2.05, 4.69) is 6.08 Å². The van der Waals surface area contributed by atoms with E-state index < -0.39 is 10.0 Å². The summed E-state index contributed by atoms with van der Waals surface area (Å²) in [7, 11) is -3.43. The number of carbonyl (C=O) groups excluding carboxylic acids is 1. The van der Waals surface area contributed by atoms with Gasteiger partial charge in [-0.1, -0.05) is 12.2 Å². The van der Waals surface area contributed by atoms with Crippen molar-refractivity contribution in [1.29, 1.82) is 0 Å². The second kappa shape index (κ2) is 8.66. The fraction of sp³-hybridized carbons (Fsp3) is 0.571. The summed E-state index contributed by atoms with van der Waals surface area (Å²) in [4.78, 5) is 12.4. The summed E-state index contributed by atoms with van der Waals surface area (Å²) in [5, 5.41) is 0. The molecule has 6 nitrogen and oxygen atoms in total. The number of hydrogen-bond acceptors (Lipinski definition) is 4. The van der Waals surface area contributed by atoms with E-state index in [0.717, 1.165) is 48.2 Å². The summed E-state index contributed by atoms with van der Waals surface area (Å²) < 4.78 is 34.8. The Morgan fingerprint density at radius 1 is 1.14 bits per heavy atom. The Kier molecular flexibility index (Phi) is 6.45. The van der Waals surface area contributed by atoms with Crippen LogP contribution < -0.4 is 0 Å². The minimum absolute atomic E-state index is 0.180. The van der Waals surface area contributed by atoms with Gasteiger partial charge in [-0.25, -0.2) is 8.42 Å². The minimum Gasteiger partial charge on any atom is -0.465 e. The Hall–Kier alpha value is -1.86. The van der Waals surface area contributed by atoms with Crippen LogP contribution in [-0.4, -0.2) is 43.0 Å². The van der Waals surface area contributed by atoms with Gasteiger partial charge in [0.1, 0.15) is 6.54 Å². The first-order valence-corrected chi connectivity index (χ1v) is 11.5. The molecule has 0 aromatic carbocycles. The third-order valence-corrected chi connectivity index (χ3v) is 7.57. The highest BCUT2D eigenvalue weighted by Gasteiger charge is 2.32. The monoisotopic (exact) mass is 406 g/mol. The molecule has 2 heterocycles. The van der Waals surface area contributed by atoms with Crippen molar-refractivity contribution >= 4 is 16.0 Å². The molecule has 1 aromatic rings. The van der Waals surface area contributed by atoms with Gasteiger partial charge in [-0.05, 0) is 63.7 Å². The van der Waals surface area contributed by atoms with Gasteiger partial charge in [0.25, 0.3) is 0 Å². The van der Waals surface area contributed by atoms with Crippen molar-refractivity contribution < 1.29 is 17.9 Å². The molecule has 1 saturated heterocycles. The van der Waals surface area contributed by atoms with Crippen LogP contribution in [0.5, 0.6) is 0 Å². The molecule has 1 aromatic heterocycles. The van der Waals surface area contributed by atoms with E-state index in [1.54, 1.807) is 11.2 Å². The molecule has 0 radical (unpaired) electrons. The quantitative estimate of drug-likeness (QED) is 0.652. The number of carbonyl (C=O) groups is 1. The van der Waals surface area contributed by atoms with Crippen molar-refractivity contribution in [2.24, 2.45) is 0 Å². The van der Waals surface area contributed by atoms with Crippen molar-refractivity contribution in [3.63, 3.8) is 0 Å². The summed E-state index contributed by atoms with van der Waals surface area (Å²) in [6.07, 6.45) is 7.97. The lowest BCUT2D eigenvalue weighted by Gasteiger charge is -2.22. The molecule has 1 fully saturated rings. The van der Waals surface area contributed by atoms with E-state index in [-0.39, 0.29) is 12.5 Å². The fourth-order valence-electron chi connectivity index (χ4n) is 4.04. The Morgan fingerprint density at radius 3 is 2.50 bits per heavy atom. The van der Waals surface area contributed by atoms with Crippen LogP contribution >= 0.6 is 0 Å². The van der Waals surface area contributed by atoms with Gasteiger partial charge < -0.3 is 9.30 Å². The standard InChI is InChI=1S/C21H30N2O4S/c1-4-27-21(24)15-23-16(2)13-19(17(23)3)14-18-9-5-6-10-20(18)28(25,26)22-11-7-8-12-22/h9-10,13H,4-8,11-12,14-15H2,1-3H3. The molecule has 0 N–H and O–H groups in total. The minimum atomic E-state index is -3.43. The Bertz CT molecular complexity index is 903. The van der Waals surface area contributed by atoms with Crippen LogP contribution in [0.2, 0.25) is 0 Å². The van der Waals surface area contributed by atoms with E-state index in [0.29, 0.717) is 31.0 Å². The molecule has 0 spiro atoms. The normalized spacial score (nSPS) is 18.1. The van der Waals surface area contributed by atoms with Crippen LogP contribution in [0.1, 0.15) is 49.6 Å². The first-order valence-electron chi connectivity index (χ1n) is 10.1. The molecule has 0 atom stereocenters. The van der Waals surface area contributed by atoms with Gasteiger partial charge in [0.15, 0.2) is 0 Å². The Balaban J connectivity index is 1.83. The number of esters is 1. The lowest BCUT2D eigenvalue weighted by atomic mass is 9.99. The third kappa shape index (κ3) is 4.25. The number of rotatable bonds is 7. The predicted molar refractivity (Wildman–Crippen MR) is 109 cm³/mol. The summed E-state index contributed by atoms with van der Waals surface area (Å²) in [6, 6.07) is 2.05. The van der Waals surface area contributed by atoms with Gasteiger partial charge in [0, 0.05) is 30.9 Å². The number of allylic oxidation sites excluding steroid dienone is 3. The van der Waals surface area contributed by atoms with E-state index >= 15 is 0 Å². The van der Waals surface area contributed by atoms with Crippen LogP contribution in [0.15, 0.2) is 28.7 Å². The van der Waals surface area contributed by atoms with E-state index in [9.17, 15) is 13.2 Å². The zero-order chi connectivity index (χ0) is 20.3. The highest BCUT2D eigenvalue weighted by molar-refractivity contribution is 7.93. The van der Waals surface area contributed by atoms with E-state index in [1.807, 2.05) is 30.6 Å². The molecule has 1 aliphatic carbocycles. The molecule has 0 saturated carbocycles. The molecule has 7 heteroatoms. The Morgan fingerprint density at radius 2 is 1.82 bits per heavy atom. The smallest absolute Gasteiger partial charge is 0.325 e. The van der Waals surface area contributed by atoms with Gasteiger partial charge in [0.05, 0.1) is 11.5 Å². The van der Waals surface area contributed by atoms with Crippen LogP contribution in [0, 0.1) is 13.8 Å². The number of aromatic nitrogens is 1. The zero-order valence-electron chi connectivity index (χ0n) is 17.0. The average Bonchev–Trinajstić information content (AvgIpc) is 3.28. The maximum Gasteiger partial charge on any atom is 0.325 e. The summed E-state index contributed by atoms with van der Waals surface area (Å²) >= 11 is 0. The van der Waals surface area contributed by atoms with Gasteiger partial charge in [-0.3, -0.25) is 4.79 Å². The average molecular weight is 407 g/mol. The lowest BCUT2D eigenvalue weighted by molar-refractivity contribution is -0.143. The molecule has 28 heavy (non-hydrogen) atoms. The number of aryl methyl sites for hydroxylation is 1. The molecule has 2 aliphatic rings. The van der Waals surface area contributed by atoms with Gasteiger partial charge >= 0.3 is 5.97 Å². The highest BCUT2D eigenvalue weighted by Crippen LogP contribution is 2.32. The van der Waals surface area contributed by atoms with E-state index in [1.165, 1.54) is 0 Å². The molecular formula is C21H30N2O4S. The third-order valence-electron chi connectivity index (χ3n) is 5.54. The van der Waals surface area contributed by atoms with Crippen molar-refractivity contribution in [2.75, 3.05) is 19.7 Å². The number of hydrogen-bond donors (Lipinski definition) is 0. The van der Waals surface area contributed by atoms with Gasteiger partial charge in [-0.15, -0.1) is 0 Å². The van der Waals surface area contributed by atoms with Gasteiger partial charge in [-0.2, -0.15) is 4.31 Å². The molecule has 3 rings (SSSR count). The zero-order valence-corrected chi connectivity index (χ0v) is 17.8. The van der Waals surface area contributed by atoms with Crippen molar-refractivity contribution in [2.45, 2.75) is 59.4 Å². The van der Waals surface area contributed by atoms with Crippen molar-refractivity contribution in [3.8, 4) is 0 Å².